The number of aromatic nitrogens is 4. The largest absolute Gasteiger partial charge is 0.389 e. The number of nitrogens with one attached hydrogen (secondary N) is 2. The van der Waals surface area contributed by atoms with Gasteiger partial charge in [0.2, 0.25) is 24.5 Å². The molecule has 2 aromatic rings. The van der Waals surface area contributed by atoms with Crippen molar-refractivity contribution in [3.8, 4) is 0 Å². The van der Waals surface area contributed by atoms with Crippen molar-refractivity contribution in [3.05, 3.63) is 37.4 Å². The minimum absolute atomic E-state index is 0.0394. The van der Waals surface area contributed by atoms with E-state index in [-0.39, 0.29) is 28.9 Å². The maximum absolute atomic E-state index is 12.1. The van der Waals surface area contributed by atoms with Gasteiger partial charge in [-0.3, -0.25) is 9.59 Å². The summed E-state index contributed by atoms with van der Waals surface area (Å²) in [6.45, 7) is 16.5. The molecule has 9 nitrogen and oxygen atoms in total. The van der Waals surface area contributed by atoms with Crippen LogP contribution in [-0.2, 0) is 34.8 Å². The van der Waals surface area contributed by atoms with Crippen LogP contribution in [0.2, 0.25) is 0 Å². The molecule has 1 unspecified atom stereocenters. The molecule has 2 aromatic heterocycles. The topological polar surface area (TPSA) is 96.1 Å². The smallest absolute Gasteiger partial charge is 0.244 e. The van der Waals surface area contributed by atoms with E-state index in [1.54, 1.807) is 0 Å². The molecular formula is C29H52N6O3+2. The monoisotopic (exact) mass is 532 g/mol. The van der Waals surface area contributed by atoms with Crippen molar-refractivity contribution in [2.75, 3.05) is 13.1 Å². The molecule has 0 spiro atoms. The molecule has 0 fully saturated rings. The van der Waals surface area contributed by atoms with Crippen LogP contribution >= 0.6 is 0 Å². The Morgan fingerprint density at radius 1 is 0.842 bits per heavy atom. The molecule has 38 heavy (non-hydrogen) atoms. The van der Waals surface area contributed by atoms with Gasteiger partial charge < -0.3 is 15.7 Å². The second kappa shape index (κ2) is 15.0. The molecule has 9 heteroatoms. The average Bonchev–Trinajstić information content (AvgIpc) is 3.45. The lowest BCUT2D eigenvalue weighted by Gasteiger charge is -2.21. The first kappa shape index (κ1) is 31.5. The van der Waals surface area contributed by atoms with E-state index in [0.29, 0.717) is 45.3 Å². The van der Waals surface area contributed by atoms with Crippen LogP contribution in [0.3, 0.4) is 0 Å². The zero-order chi connectivity index (χ0) is 28.2. The SMILES string of the molecule is CC(C)(C)CC(O)C[n+]1ccn(CCCNC(=O)CCCCC(=O)NCCC[n+]2ccn(C(C)(C)C)c2)c1. The van der Waals surface area contributed by atoms with Crippen molar-refractivity contribution in [2.45, 2.75) is 118 Å². The van der Waals surface area contributed by atoms with Gasteiger partial charge in [0.05, 0.1) is 19.2 Å². The molecule has 0 radical (unpaired) electrons. The van der Waals surface area contributed by atoms with E-state index < -0.39 is 0 Å². The first-order chi connectivity index (χ1) is 17.8. The highest BCUT2D eigenvalue weighted by Crippen LogP contribution is 2.20. The van der Waals surface area contributed by atoms with Crippen LogP contribution in [0.15, 0.2) is 37.4 Å². The predicted octanol–water partition coefficient (Wildman–Crippen LogP) is 2.69. The second-order valence-corrected chi connectivity index (χ2v) is 12.6. The third-order valence-corrected chi connectivity index (χ3v) is 6.37. The van der Waals surface area contributed by atoms with Gasteiger partial charge in [0.1, 0.15) is 36.9 Å². The number of rotatable bonds is 16. The number of hydrogen-bond acceptors (Lipinski definition) is 3. The molecule has 0 aliphatic carbocycles. The third-order valence-electron chi connectivity index (χ3n) is 6.37. The summed E-state index contributed by atoms with van der Waals surface area (Å²) in [6.07, 6.45) is 16.7. The Hall–Kier alpha value is -2.68. The van der Waals surface area contributed by atoms with Crippen LogP contribution in [0.1, 0.15) is 86.5 Å². The number of amides is 2. The van der Waals surface area contributed by atoms with Crippen LogP contribution in [0.5, 0.6) is 0 Å². The van der Waals surface area contributed by atoms with E-state index in [9.17, 15) is 14.7 Å². The lowest BCUT2D eigenvalue weighted by atomic mass is 9.89. The highest BCUT2D eigenvalue weighted by Gasteiger charge is 2.20. The van der Waals surface area contributed by atoms with Gasteiger partial charge in [-0.25, -0.2) is 18.3 Å². The van der Waals surface area contributed by atoms with E-state index in [4.69, 9.17) is 0 Å². The van der Waals surface area contributed by atoms with E-state index in [2.05, 4.69) is 84.6 Å². The summed E-state index contributed by atoms with van der Waals surface area (Å²) in [5.41, 5.74) is 0.174. The van der Waals surface area contributed by atoms with Gasteiger partial charge in [-0.05, 0) is 45.4 Å². The summed E-state index contributed by atoms with van der Waals surface area (Å²) in [5, 5.41) is 16.2. The number of aliphatic hydroxyl groups is 1. The number of carbonyl (C=O) groups is 2. The number of aryl methyl sites for hydroxylation is 2. The Kier molecular flexibility index (Phi) is 12.5. The zero-order valence-electron chi connectivity index (χ0n) is 24.6. The van der Waals surface area contributed by atoms with Crippen molar-refractivity contribution in [3.63, 3.8) is 0 Å². The summed E-state index contributed by atoms with van der Waals surface area (Å²) < 4.78 is 8.41. The van der Waals surface area contributed by atoms with Crippen molar-refractivity contribution >= 4 is 11.8 Å². The summed E-state index contributed by atoms with van der Waals surface area (Å²) in [6, 6.07) is 0. The normalized spacial score (nSPS) is 12.9. The van der Waals surface area contributed by atoms with E-state index in [0.717, 1.165) is 32.4 Å². The fourth-order valence-corrected chi connectivity index (χ4v) is 4.34. The number of carbonyl (C=O) groups excluding carboxylic acids is 2. The molecule has 0 saturated heterocycles. The van der Waals surface area contributed by atoms with Crippen LogP contribution in [0, 0.1) is 5.41 Å². The summed E-state index contributed by atoms with van der Waals surface area (Å²) >= 11 is 0. The van der Waals surface area contributed by atoms with Gasteiger partial charge in [0.25, 0.3) is 0 Å². The fraction of sp³-hybridized carbons (Fsp3) is 0.724. The Balaban J connectivity index is 1.47. The Bertz CT molecular complexity index is 983. The quantitative estimate of drug-likeness (QED) is 0.229. The second-order valence-electron chi connectivity index (χ2n) is 12.6. The van der Waals surface area contributed by atoms with Crippen LogP contribution in [-0.4, -0.2) is 45.2 Å². The average molecular weight is 533 g/mol. The predicted molar refractivity (Wildman–Crippen MR) is 148 cm³/mol. The number of aliphatic hydroxyl groups excluding tert-OH is 1. The van der Waals surface area contributed by atoms with Crippen molar-refractivity contribution in [2.24, 2.45) is 5.41 Å². The number of hydrogen-bond donors (Lipinski definition) is 3. The molecule has 2 amide bonds. The molecule has 2 heterocycles. The molecule has 0 aliphatic heterocycles. The molecule has 3 N–H and O–H groups in total. The molecule has 0 aromatic carbocycles. The van der Waals surface area contributed by atoms with Gasteiger partial charge >= 0.3 is 0 Å². The summed E-state index contributed by atoms with van der Waals surface area (Å²) in [5.74, 6) is 0.0926. The van der Waals surface area contributed by atoms with Crippen molar-refractivity contribution < 1.29 is 23.8 Å². The standard InChI is InChI=1S/C29H50N6O3/c1-28(2,3)21-25(36)22-34-18-17-32(23-34)15-9-13-30-26(37)11-7-8-12-27(38)31-14-10-16-33-19-20-35(24-33)29(4,5)6/h17-20,23-25,36H,7-16,21-22H2,1-6H3/p+2. The number of unbranched alkanes of at least 4 members (excludes halogenated alkanes) is 1. The molecule has 2 rings (SSSR count). The van der Waals surface area contributed by atoms with Crippen LogP contribution in [0.25, 0.3) is 0 Å². The maximum atomic E-state index is 12.1. The number of imidazole rings is 2. The van der Waals surface area contributed by atoms with E-state index in [1.807, 2.05) is 23.3 Å². The van der Waals surface area contributed by atoms with Gasteiger partial charge in [0.15, 0.2) is 0 Å². The lowest BCUT2D eigenvalue weighted by Crippen LogP contribution is -2.39. The first-order valence-corrected chi connectivity index (χ1v) is 14.2. The Labute approximate surface area is 229 Å². The molecular weight excluding hydrogens is 480 g/mol. The van der Waals surface area contributed by atoms with Gasteiger partial charge in [0, 0.05) is 38.8 Å². The molecule has 1 atom stereocenters. The Morgan fingerprint density at radius 2 is 1.45 bits per heavy atom. The highest BCUT2D eigenvalue weighted by molar-refractivity contribution is 5.77. The van der Waals surface area contributed by atoms with Gasteiger partial charge in [-0.15, -0.1) is 0 Å². The fourth-order valence-electron chi connectivity index (χ4n) is 4.34. The summed E-state index contributed by atoms with van der Waals surface area (Å²) in [7, 11) is 0. The third kappa shape index (κ3) is 13.2. The maximum Gasteiger partial charge on any atom is 0.244 e. The van der Waals surface area contributed by atoms with Crippen LogP contribution < -0.4 is 19.8 Å². The Morgan fingerprint density at radius 3 is 2.03 bits per heavy atom. The minimum atomic E-state index is -0.363. The summed E-state index contributed by atoms with van der Waals surface area (Å²) in [4.78, 5) is 24.2. The minimum Gasteiger partial charge on any atom is -0.389 e. The number of nitrogens with zero attached hydrogens (tertiary/aromatic N) is 4. The van der Waals surface area contributed by atoms with E-state index >= 15 is 0 Å². The first-order valence-electron chi connectivity index (χ1n) is 14.2. The molecule has 0 saturated carbocycles. The van der Waals surface area contributed by atoms with E-state index in [1.165, 1.54) is 0 Å². The molecule has 0 bridgehead atoms. The van der Waals surface area contributed by atoms with Crippen molar-refractivity contribution in [1.82, 2.24) is 19.8 Å². The lowest BCUT2D eigenvalue weighted by molar-refractivity contribution is -0.703. The highest BCUT2D eigenvalue weighted by atomic mass is 16.3. The molecule has 214 valence electrons. The van der Waals surface area contributed by atoms with Gasteiger partial charge in [-0.2, -0.15) is 0 Å². The van der Waals surface area contributed by atoms with Gasteiger partial charge in [-0.1, -0.05) is 20.8 Å². The van der Waals surface area contributed by atoms with Crippen molar-refractivity contribution in [1.29, 1.82) is 0 Å². The zero-order valence-corrected chi connectivity index (χ0v) is 24.6. The molecule has 0 aliphatic rings. The van der Waals surface area contributed by atoms with Crippen LogP contribution in [0.4, 0.5) is 0 Å².